The molecule has 0 atom stereocenters. The minimum atomic E-state index is -0.258. The van der Waals surface area contributed by atoms with Crippen LogP contribution in [0.25, 0.3) is 0 Å². The van der Waals surface area contributed by atoms with Gasteiger partial charge >= 0.3 is 0 Å². The van der Waals surface area contributed by atoms with Crippen molar-refractivity contribution in [1.29, 1.82) is 0 Å². The van der Waals surface area contributed by atoms with Crippen molar-refractivity contribution in [3.63, 3.8) is 0 Å². The molecule has 4 nitrogen and oxygen atoms in total. The molecule has 1 aromatic heterocycles. The number of likely N-dealkylation sites (N-methyl/N-ethyl adjacent to an activating group) is 1. The number of nitrogens with zero attached hydrogens (tertiary/aromatic N) is 3. The Morgan fingerprint density at radius 1 is 1.32 bits per heavy atom. The molecule has 19 heavy (non-hydrogen) atoms. The van der Waals surface area contributed by atoms with E-state index in [4.69, 9.17) is 0 Å². The van der Waals surface area contributed by atoms with Crippen LogP contribution < -0.4 is 0 Å². The number of rotatable bonds is 4. The van der Waals surface area contributed by atoms with E-state index in [1.54, 1.807) is 10.9 Å². The molecule has 1 saturated carbocycles. The smallest absolute Gasteiger partial charge is 0.157 e. The highest BCUT2D eigenvalue weighted by Gasteiger charge is 2.39. The van der Waals surface area contributed by atoms with Crippen LogP contribution in [0.1, 0.15) is 44.1 Å². The molecular weight excluding hydrogens is 238 g/mol. The second-order valence-corrected chi connectivity index (χ2v) is 5.96. The monoisotopic (exact) mass is 263 g/mol. The molecule has 1 aliphatic carbocycles. The van der Waals surface area contributed by atoms with Crippen molar-refractivity contribution in [2.75, 3.05) is 14.1 Å². The van der Waals surface area contributed by atoms with Gasteiger partial charge in [-0.25, -0.2) is 0 Å². The number of hydrogen-bond donors (Lipinski definition) is 0. The first kappa shape index (κ1) is 14.3. The molecule has 0 radical (unpaired) electrons. The van der Waals surface area contributed by atoms with E-state index in [0.29, 0.717) is 12.2 Å². The number of carbonyl (C=O) groups excluding carboxylic acids is 1. The quantitative estimate of drug-likeness (QED) is 0.782. The zero-order valence-corrected chi connectivity index (χ0v) is 12.4. The normalized spacial score (nSPS) is 19.4. The molecule has 1 heterocycles. The van der Waals surface area contributed by atoms with Crippen LogP contribution >= 0.6 is 0 Å². The third-order valence-corrected chi connectivity index (χ3v) is 4.43. The standard InChI is InChI=1S/C15H25N3O/c1-17(2)15(8-6-4-5-7-9-15)14(19)10-13-11-16-18(3)12-13/h11-12H,4-10H2,1-3H3. The van der Waals surface area contributed by atoms with Gasteiger partial charge in [-0.3, -0.25) is 14.4 Å². The van der Waals surface area contributed by atoms with Crippen molar-refractivity contribution in [2.24, 2.45) is 7.05 Å². The largest absolute Gasteiger partial charge is 0.297 e. The lowest BCUT2D eigenvalue weighted by atomic mass is 9.82. The molecule has 0 aliphatic heterocycles. The molecule has 2 rings (SSSR count). The second-order valence-electron chi connectivity index (χ2n) is 5.96. The van der Waals surface area contributed by atoms with Crippen LogP contribution in [0.5, 0.6) is 0 Å². The van der Waals surface area contributed by atoms with Gasteiger partial charge in [0.05, 0.1) is 11.7 Å². The van der Waals surface area contributed by atoms with E-state index in [1.807, 2.05) is 27.3 Å². The lowest BCUT2D eigenvalue weighted by molar-refractivity contribution is -0.130. The van der Waals surface area contributed by atoms with E-state index in [2.05, 4.69) is 10.00 Å². The first-order valence-corrected chi connectivity index (χ1v) is 7.23. The summed E-state index contributed by atoms with van der Waals surface area (Å²) in [5, 5.41) is 4.15. The van der Waals surface area contributed by atoms with Gasteiger partial charge in [-0.2, -0.15) is 5.10 Å². The van der Waals surface area contributed by atoms with Gasteiger partial charge in [0, 0.05) is 19.7 Å². The highest BCUT2D eigenvalue weighted by Crippen LogP contribution is 2.32. The Kier molecular flexibility index (Phi) is 4.40. The van der Waals surface area contributed by atoms with Gasteiger partial charge in [-0.05, 0) is 32.5 Å². The van der Waals surface area contributed by atoms with Crippen molar-refractivity contribution in [1.82, 2.24) is 14.7 Å². The van der Waals surface area contributed by atoms with Crippen molar-refractivity contribution in [3.8, 4) is 0 Å². The van der Waals surface area contributed by atoms with E-state index >= 15 is 0 Å². The van der Waals surface area contributed by atoms with Gasteiger partial charge in [-0.15, -0.1) is 0 Å². The van der Waals surface area contributed by atoms with Gasteiger partial charge in [-0.1, -0.05) is 25.7 Å². The highest BCUT2D eigenvalue weighted by atomic mass is 16.1. The van der Waals surface area contributed by atoms with Crippen LogP contribution in [0, 0.1) is 0 Å². The molecule has 0 amide bonds. The van der Waals surface area contributed by atoms with Gasteiger partial charge in [0.1, 0.15) is 0 Å². The second kappa shape index (κ2) is 5.87. The third-order valence-electron chi connectivity index (χ3n) is 4.43. The fraction of sp³-hybridized carbons (Fsp3) is 0.733. The Bertz CT molecular complexity index is 428. The Morgan fingerprint density at radius 3 is 2.42 bits per heavy atom. The van der Waals surface area contributed by atoms with E-state index < -0.39 is 0 Å². The summed E-state index contributed by atoms with van der Waals surface area (Å²) in [6.07, 6.45) is 11.1. The Morgan fingerprint density at radius 2 is 1.95 bits per heavy atom. The SMILES string of the molecule is CN(C)C1(C(=O)Cc2cnn(C)c2)CCCCCC1. The van der Waals surface area contributed by atoms with Crippen molar-refractivity contribution >= 4 is 5.78 Å². The lowest BCUT2D eigenvalue weighted by Crippen LogP contribution is -2.51. The van der Waals surface area contributed by atoms with Gasteiger partial charge in [0.2, 0.25) is 0 Å². The molecule has 0 saturated heterocycles. The molecular formula is C15H25N3O. The summed E-state index contributed by atoms with van der Waals surface area (Å²) in [5.41, 5.74) is 0.768. The average Bonchev–Trinajstić information content (AvgIpc) is 2.65. The molecule has 0 aromatic carbocycles. The summed E-state index contributed by atoms with van der Waals surface area (Å²) in [4.78, 5) is 15.0. The molecule has 0 spiro atoms. The third kappa shape index (κ3) is 3.06. The number of carbonyl (C=O) groups is 1. The fourth-order valence-electron chi connectivity index (χ4n) is 3.20. The molecule has 1 aliphatic rings. The van der Waals surface area contributed by atoms with E-state index in [0.717, 1.165) is 31.2 Å². The van der Waals surface area contributed by atoms with E-state index in [-0.39, 0.29) is 5.54 Å². The maximum atomic E-state index is 12.8. The predicted octanol–water partition coefficient (Wildman–Crippen LogP) is 2.19. The minimum Gasteiger partial charge on any atom is -0.297 e. The van der Waals surface area contributed by atoms with Crippen molar-refractivity contribution in [2.45, 2.75) is 50.5 Å². The number of ketones is 1. The number of Topliss-reactive ketones (excluding diaryl/α,β-unsaturated/α-hetero) is 1. The van der Waals surface area contributed by atoms with Gasteiger partial charge in [0.15, 0.2) is 5.78 Å². The van der Waals surface area contributed by atoms with Crippen molar-refractivity contribution < 1.29 is 4.79 Å². The summed E-state index contributed by atoms with van der Waals surface area (Å²) < 4.78 is 1.76. The topological polar surface area (TPSA) is 38.1 Å². The molecule has 1 aromatic rings. The minimum absolute atomic E-state index is 0.258. The molecule has 1 fully saturated rings. The zero-order valence-electron chi connectivity index (χ0n) is 12.4. The Hall–Kier alpha value is -1.16. The number of hydrogen-bond acceptors (Lipinski definition) is 3. The van der Waals surface area contributed by atoms with Gasteiger partial charge < -0.3 is 0 Å². The number of aryl methyl sites for hydroxylation is 1. The van der Waals surface area contributed by atoms with Crippen LogP contribution in [0.4, 0.5) is 0 Å². The maximum Gasteiger partial charge on any atom is 0.157 e. The van der Waals surface area contributed by atoms with Crippen molar-refractivity contribution in [3.05, 3.63) is 18.0 Å². The molecule has 106 valence electrons. The first-order chi connectivity index (χ1) is 9.04. The van der Waals surface area contributed by atoms with Crippen LogP contribution in [0.15, 0.2) is 12.4 Å². The van der Waals surface area contributed by atoms with Crippen LogP contribution in [-0.4, -0.2) is 40.1 Å². The number of aromatic nitrogens is 2. The first-order valence-electron chi connectivity index (χ1n) is 7.23. The summed E-state index contributed by atoms with van der Waals surface area (Å²) in [7, 11) is 5.99. The molecule has 0 N–H and O–H groups in total. The summed E-state index contributed by atoms with van der Waals surface area (Å²) >= 11 is 0. The van der Waals surface area contributed by atoms with Crippen LogP contribution in [0.2, 0.25) is 0 Å². The maximum absolute atomic E-state index is 12.8. The van der Waals surface area contributed by atoms with Gasteiger partial charge in [0.25, 0.3) is 0 Å². The zero-order chi connectivity index (χ0) is 13.9. The highest BCUT2D eigenvalue weighted by molar-refractivity contribution is 5.90. The predicted molar refractivity (Wildman–Crippen MR) is 76.0 cm³/mol. The van der Waals surface area contributed by atoms with Crippen LogP contribution in [-0.2, 0) is 18.3 Å². The summed E-state index contributed by atoms with van der Waals surface area (Å²) in [5.74, 6) is 0.354. The summed E-state index contributed by atoms with van der Waals surface area (Å²) in [6, 6.07) is 0. The molecule has 4 heteroatoms. The Labute approximate surface area is 115 Å². The lowest BCUT2D eigenvalue weighted by Gasteiger charge is -2.38. The van der Waals surface area contributed by atoms with E-state index in [1.165, 1.54) is 12.8 Å². The summed E-state index contributed by atoms with van der Waals surface area (Å²) in [6.45, 7) is 0. The molecule has 0 unspecified atom stereocenters. The van der Waals surface area contributed by atoms with E-state index in [9.17, 15) is 4.79 Å². The Balaban J connectivity index is 2.15. The molecule has 0 bridgehead atoms. The fourth-order valence-corrected chi connectivity index (χ4v) is 3.20. The average molecular weight is 263 g/mol. The van der Waals surface area contributed by atoms with Crippen LogP contribution in [0.3, 0.4) is 0 Å².